The molecule has 0 unspecified atom stereocenters. The second-order valence-corrected chi connectivity index (χ2v) is 5.11. The summed E-state index contributed by atoms with van der Waals surface area (Å²) in [6.07, 6.45) is 1.98. The van der Waals surface area contributed by atoms with E-state index in [1.54, 1.807) is 0 Å². The van der Waals surface area contributed by atoms with E-state index in [9.17, 15) is 4.79 Å². The van der Waals surface area contributed by atoms with E-state index in [0.29, 0.717) is 18.6 Å². The molecular formula is C10H21N3O. The van der Waals surface area contributed by atoms with Gasteiger partial charge in [0.15, 0.2) is 0 Å². The van der Waals surface area contributed by atoms with Gasteiger partial charge in [-0.05, 0) is 33.6 Å². The molecule has 1 fully saturated rings. The van der Waals surface area contributed by atoms with Crippen molar-refractivity contribution in [3.05, 3.63) is 0 Å². The number of nitrogens with two attached hydrogens (primary N) is 1. The van der Waals surface area contributed by atoms with Crippen molar-refractivity contribution in [3.63, 3.8) is 0 Å². The molecule has 1 aliphatic carbocycles. The summed E-state index contributed by atoms with van der Waals surface area (Å²) in [4.78, 5) is 11.4. The Kier molecular flexibility index (Phi) is 3.50. The van der Waals surface area contributed by atoms with Gasteiger partial charge in [0, 0.05) is 17.6 Å². The van der Waals surface area contributed by atoms with Crippen LogP contribution in [0.15, 0.2) is 0 Å². The fourth-order valence-corrected chi connectivity index (χ4v) is 1.53. The van der Waals surface area contributed by atoms with E-state index in [1.807, 2.05) is 20.8 Å². The van der Waals surface area contributed by atoms with Crippen LogP contribution in [-0.4, -0.2) is 30.1 Å². The quantitative estimate of drug-likeness (QED) is 0.598. The Labute approximate surface area is 85.6 Å². The maximum Gasteiger partial charge on any atom is 0.234 e. The van der Waals surface area contributed by atoms with Crippen LogP contribution in [0.5, 0.6) is 0 Å². The molecule has 14 heavy (non-hydrogen) atoms. The van der Waals surface area contributed by atoms with Crippen LogP contribution in [0, 0.1) is 0 Å². The minimum atomic E-state index is -0.144. The molecule has 0 aromatic rings. The molecule has 0 aromatic heterocycles. The fraction of sp³-hybridized carbons (Fsp3) is 0.900. The van der Waals surface area contributed by atoms with Crippen LogP contribution in [0.25, 0.3) is 0 Å². The molecule has 0 saturated heterocycles. The van der Waals surface area contributed by atoms with Crippen LogP contribution in [0.2, 0.25) is 0 Å². The predicted octanol–water partition coefficient (Wildman–Crippen LogP) is -0.0196. The Morgan fingerprint density at radius 3 is 2.43 bits per heavy atom. The Bertz CT molecular complexity index is 204. The predicted molar refractivity (Wildman–Crippen MR) is 56.9 cm³/mol. The monoisotopic (exact) mass is 199 g/mol. The first kappa shape index (κ1) is 11.5. The molecule has 1 aliphatic rings. The Balaban J connectivity index is 2.10. The molecule has 0 spiro atoms. The highest BCUT2D eigenvalue weighted by atomic mass is 16.2. The topological polar surface area (TPSA) is 67.2 Å². The largest absolute Gasteiger partial charge is 0.350 e. The first-order chi connectivity index (χ1) is 6.37. The lowest BCUT2D eigenvalue weighted by molar-refractivity contribution is -0.121. The summed E-state index contributed by atoms with van der Waals surface area (Å²) in [6, 6.07) is 0.772. The average molecular weight is 199 g/mol. The lowest BCUT2D eigenvalue weighted by Gasteiger charge is -2.33. The normalized spacial score (nSPS) is 26.9. The molecule has 0 aromatic carbocycles. The number of carbonyl (C=O) groups is 1. The number of nitrogens with one attached hydrogen (secondary N) is 2. The molecule has 82 valence electrons. The van der Waals surface area contributed by atoms with Crippen LogP contribution in [-0.2, 0) is 4.79 Å². The summed E-state index contributed by atoms with van der Waals surface area (Å²) in [5.74, 6) is 0.0537. The van der Waals surface area contributed by atoms with E-state index < -0.39 is 0 Å². The lowest BCUT2D eigenvalue weighted by atomic mass is 9.88. The van der Waals surface area contributed by atoms with Gasteiger partial charge >= 0.3 is 0 Å². The number of amides is 1. The van der Waals surface area contributed by atoms with Crippen LogP contribution in [0.1, 0.15) is 33.6 Å². The van der Waals surface area contributed by atoms with Crippen molar-refractivity contribution < 1.29 is 4.79 Å². The molecule has 0 aliphatic heterocycles. The molecule has 1 rings (SSSR count). The van der Waals surface area contributed by atoms with Crippen molar-refractivity contribution in [2.75, 3.05) is 6.54 Å². The maximum atomic E-state index is 11.4. The lowest BCUT2D eigenvalue weighted by Crippen LogP contribution is -2.52. The summed E-state index contributed by atoms with van der Waals surface area (Å²) in [7, 11) is 0. The van der Waals surface area contributed by atoms with E-state index in [4.69, 9.17) is 5.73 Å². The van der Waals surface area contributed by atoms with Gasteiger partial charge in [0.1, 0.15) is 0 Å². The molecular weight excluding hydrogens is 178 g/mol. The molecule has 4 heteroatoms. The van der Waals surface area contributed by atoms with Gasteiger partial charge in [-0.2, -0.15) is 0 Å². The first-order valence-corrected chi connectivity index (χ1v) is 5.17. The van der Waals surface area contributed by atoms with Gasteiger partial charge in [-0.25, -0.2) is 0 Å². The third-order valence-electron chi connectivity index (χ3n) is 2.24. The van der Waals surface area contributed by atoms with Crippen molar-refractivity contribution in [1.82, 2.24) is 10.6 Å². The minimum Gasteiger partial charge on any atom is -0.350 e. The van der Waals surface area contributed by atoms with Gasteiger partial charge in [0.05, 0.1) is 6.54 Å². The molecule has 1 saturated carbocycles. The van der Waals surface area contributed by atoms with Crippen molar-refractivity contribution in [2.24, 2.45) is 5.73 Å². The van der Waals surface area contributed by atoms with Gasteiger partial charge in [0.25, 0.3) is 0 Å². The van der Waals surface area contributed by atoms with E-state index in [1.165, 1.54) is 0 Å². The second kappa shape index (κ2) is 4.28. The molecule has 4 nitrogen and oxygen atoms in total. The summed E-state index contributed by atoms with van der Waals surface area (Å²) >= 11 is 0. The van der Waals surface area contributed by atoms with Gasteiger partial charge < -0.3 is 16.4 Å². The van der Waals surface area contributed by atoms with E-state index in [2.05, 4.69) is 10.6 Å². The van der Waals surface area contributed by atoms with Crippen LogP contribution in [0.3, 0.4) is 0 Å². The van der Waals surface area contributed by atoms with Gasteiger partial charge in [-0.15, -0.1) is 0 Å². The smallest absolute Gasteiger partial charge is 0.234 e. The zero-order valence-corrected chi connectivity index (χ0v) is 9.26. The van der Waals surface area contributed by atoms with E-state index in [-0.39, 0.29) is 11.4 Å². The fourth-order valence-electron chi connectivity index (χ4n) is 1.53. The average Bonchev–Trinajstić information content (AvgIpc) is 1.92. The highest BCUT2D eigenvalue weighted by Crippen LogP contribution is 2.16. The van der Waals surface area contributed by atoms with E-state index >= 15 is 0 Å². The molecule has 1 amide bonds. The third-order valence-corrected chi connectivity index (χ3v) is 2.24. The maximum absolute atomic E-state index is 11.4. The molecule has 0 atom stereocenters. The van der Waals surface area contributed by atoms with Crippen molar-refractivity contribution in [3.8, 4) is 0 Å². The van der Waals surface area contributed by atoms with Crippen LogP contribution >= 0.6 is 0 Å². The van der Waals surface area contributed by atoms with Gasteiger partial charge in [-0.3, -0.25) is 4.79 Å². The first-order valence-electron chi connectivity index (χ1n) is 5.17. The van der Waals surface area contributed by atoms with E-state index in [0.717, 1.165) is 12.8 Å². The Morgan fingerprint density at radius 1 is 1.43 bits per heavy atom. The van der Waals surface area contributed by atoms with Crippen LogP contribution < -0.4 is 16.4 Å². The number of carbonyl (C=O) groups excluding carboxylic acids is 1. The SMILES string of the molecule is CC(C)(C)NC(=O)CNC1CC(N)C1. The number of hydrogen-bond acceptors (Lipinski definition) is 3. The van der Waals surface area contributed by atoms with Crippen molar-refractivity contribution in [1.29, 1.82) is 0 Å². The summed E-state index contributed by atoms with van der Waals surface area (Å²) < 4.78 is 0. The van der Waals surface area contributed by atoms with Crippen molar-refractivity contribution in [2.45, 2.75) is 51.2 Å². The second-order valence-electron chi connectivity index (χ2n) is 5.11. The number of hydrogen-bond donors (Lipinski definition) is 3. The van der Waals surface area contributed by atoms with Crippen molar-refractivity contribution >= 4 is 5.91 Å². The van der Waals surface area contributed by atoms with Gasteiger partial charge in [-0.1, -0.05) is 0 Å². The molecule has 0 bridgehead atoms. The summed E-state index contributed by atoms with van der Waals surface area (Å²) in [5.41, 5.74) is 5.49. The standard InChI is InChI=1S/C10H21N3O/c1-10(2,3)13-9(14)6-12-8-4-7(11)5-8/h7-8,12H,4-6,11H2,1-3H3,(H,13,14). The Hall–Kier alpha value is -0.610. The minimum absolute atomic E-state index is 0.0537. The highest BCUT2D eigenvalue weighted by molar-refractivity contribution is 5.78. The summed E-state index contributed by atoms with van der Waals surface area (Å²) in [5, 5.41) is 6.08. The third kappa shape index (κ3) is 4.07. The molecule has 4 N–H and O–H groups in total. The van der Waals surface area contributed by atoms with Crippen LogP contribution in [0.4, 0.5) is 0 Å². The highest BCUT2D eigenvalue weighted by Gasteiger charge is 2.25. The Morgan fingerprint density at radius 2 is 2.00 bits per heavy atom. The number of rotatable bonds is 3. The summed E-state index contributed by atoms with van der Waals surface area (Å²) in [6.45, 7) is 6.33. The molecule has 0 heterocycles. The van der Waals surface area contributed by atoms with Gasteiger partial charge in [0.2, 0.25) is 5.91 Å². The molecule has 0 radical (unpaired) electrons. The zero-order valence-electron chi connectivity index (χ0n) is 9.26. The zero-order chi connectivity index (χ0) is 10.8.